The zero-order valence-corrected chi connectivity index (χ0v) is 16.4. The number of para-hydroxylation sites is 1. The van der Waals surface area contributed by atoms with Gasteiger partial charge in [-0.05, 0) is 56.0 Å². The molecule has 2 atom stereocenters. The van der Waals surface area contributed by atoms with E-state index in [1.165, 1.54) is 0 Å². The van der Waals surface area contributed by atoms with Crippen LogP contribution in [0.5, 0.6) is 0 Å². The molecular formula is C21H21ClN2O2S. The van der Waals surface area contributed by atoms with Crippen LogP contribution in [-0.4, -0.2) is 40.6 Å². The molecule has 2 saturated heterocycles. The molecule has 3 aliphatic rings. The summed E-state index contributed by atoms with van der Waals surface area (Å²) in [5.74, 6) is 0.0690. The Hall–Kier alpha value is -1.53. The molecule has 6 heteroatoms. The molecule has 3 aliphatic heterocycles. The van der Waals surface area contributed by atoms with E-state index in [0.29, 0.717) is 23.7 Å². The Morgan fingerprint density at radius 2 is 1.78 bits per heavy atom. The number of carbonyl (C=O) groups excluding carboxylic acids is 1. The fraction of sp³-hybridized carbons (Fsp3) is 0.381. The SMILES string of the molecule is O=C(CN1[C@@H]2CC[C@@H]1CC(O)C2)N1c2ccccc2Sc2ccc(Cl)cc21. The van der Waals surface area contributed by atoms with Crippen LogP contribution in [0.3, 0.4) is 0 Å². The smallest absolute Gasteiger partial charge is 0.245 e. The summed E-state index contributed by atoms with van der Waals surface area (Å²) in [7, 11) is 0. The highest BCUT2D eigenvalue weighted by atomic mass is 35.5. The lowest BCUT2D eigenvalue weighted by molar-refractivity contribution is -0.120. The summed E-state index contributed by atoms with van der Waals surface area (Å²) in [6.07, 6.45) is 3.48. The van der Waals surface area contributed by atoms with E-state index >= 15 is 0 Å². The molecule has 0 aromatic heterocycles. The molecule has 1 amide bonds. The van der Waals surface area contributed by atoms with Gasteiger partial charge in [-0.2, -0.15) is 0 Å². The number of carbonyl (C=O) groups is 1. The highest BCUT2D eigenvalue weighted by molar-refractivity contribution is 7.99. The molecule has 0 unspecified atom stereocenters. The Morgan fingerprint density at radius 3 is 2.56 bits per heavy atom. The van der Waals surface area contributed by atoms with E-state index in [9.17, 15) is 9.90 Å². The summed E-state index contributed by atoms with van der Waals surface area (Å²) >= 11 is 7.93. The van der Waals surface area contributed by atoms with Crippen LogP contribution in [0.4, 0.5) is 11.4 Å². The number of rotatable bonds is 2. The first-order valence-electron chi connectivity index (χ1n) is 9.43. The molecule has 0 spiro atoms. The molecular weight excluding hydrogens is 380 g/mol. The van der Waals surface area contributed by atoms with Gasteiger partial charge in [0.1, 0.15) is 0 Å². The maximum absolute atomic E-state index is 13.5. The molecule has 4 nitrogen and oxygen atoms in total. The van der Waals surface area contributed by atoms with Crippen molar-refractivity contribution < 1.29 is 9.90 Å². The van der Waals surface area contributed by atoms with Crippen molar-refractivity contribution in [2.45, 2.75) is 53.7 Å². The van der Waals surface area contributed by atoms with Crippen molar-refractivity contribution in [2.24, 2.45) is 0 Å². The highest BCUT2D eigenvalue weighted by Crippen LogP contribution is 2.49. The molecule has 2 aromatic carbocycles. The summed E-state index contributed by atoms with van der Waals surface area (Å²) < 4.78 is 0. The fourth-order valence-electron chi connectivity index (χ4n) is 4.73. The Balaban J connectivity index is 1.49. The van der Waals surface area contributed by atoms with Gasteiger partial charge in [0, 0.05) is 26.9 Å². The lowest BCUT2D eigenvalue weighted by Crippen LogP contribution is -2.49. The molecule has 5 rings (SSSR count). The first-order chi connectivity index (χ1) is 13.1. The van der Waals surface area contributed by atoms with Crippen LogP contribution in [-0.2, 0) is 4.79 Å². The summed E-state index contributed by atoms with van der Waals surface area (Å²) in [5.41, 5.74) is 1.78. The van der Waals surface area contributed by atoms with Crippen molar-refractivity contribution in [3.8, 4) is 0 Å². The number of amides is 1. The maximum atomic E-state index is 13.5. The summed E-state index contributed by atoms with van der Waals surface area (Å²) in [5, 5.41) is 10.7. The quantitative estimate of drug-likeness (QED) is 0.808. The van der Waals surface area contributed by atoms with Gasteiger partial charge < -0.3 is 5.11 Å². The van der Waals surface area contributed by atoms with Crippen molar-refractivity contribution in [1.82, 2.24) is 4.90 Å². The van der Waals surface area contributed by atoms with E-state index in [2.05, 4.69) is 11.0 Å². The topological polar surface area (TPSA) is 43.8 Å². The lowest BCUT2D eigenvalue weighted by Gasteiger charge is -2.38. The number of benzene rings is 2. The van der Waals surface area contributed by atoms with Gasteiger partial charge in [-0.1, -0.05) is 35.5 Å². The minimum Gasteiger partial charge on any atom is -0.393 e. The minimum atomic E-state index is -0.222. The number of anilines is 2. The first-order valence-corrected chi connectivity index (χ1v) is 10.6. The second kappa shape index (κ2) is 6.82. The Labute approximate surface area is 168 Å². The fourth-order valence-corrected chi connectivity index (χ4v) is 5.93. The van der Waals surface area contributed by atoms with Crippen LogP contribution in [0, 0.1) is 0 Å². The van der Waals surface area contributed by atoms with Crippen molar-refractivity contribution in [2.75, 3.05) is 11.4 Å². The minimum absolute atomic E-state index is 0.0690. The maximum Gasteiger partial charge on any atom is 0.245 e. The first kappa shape index (κ1) is 17.6. The van der Waals surface area contributed by atoms with E-state index in [1.807, 2.05) is 41.3 Å². The van der Waals surface area contributed by atoms with Gasteiger partial charge >= 0.3 is 0 Å². The Bertz CT molecular complexity index is 892. The van der Waals surface area contributed by atoms with E-state index in [0.717, 1.165) is 46.8 Å². The number of nitrogens with zero attached hydrogens (tertiary/aromatic N) is 2. The van der Waals surface area contributed by atoms with Crippen LogP contribution in [0.15, 0.2) is 52.3 Å². The summed E-state index contributed by atoms with van der Waals surface area (Å²) in [6.45, 7) is 0.382. The highest BCUT2D eigenvalue weighted by Gasteiger charge is 2.42. The van der Waals surface area contributed by atoms with Crippen molar-refractivity contribution >= 4 is 40.6 Å². The molecule has 0 saturated carbocycles. The number of hydrogen-bond acceptors (Lipinski definition) is 4. The number of aliphatic hydroxyl groups excluding tert-OH is 1. The third-order valence-electron chi connectivity index (χ3n) is 5.91. The summed E-state index contributed by atoms with van der Waals surface area (Å²) in [6, 6.07) is 14.4. The van der Waals surface area contributed by atoms with E-state index < -0.39 is 0 Å². The van der Waals surface area contributed by atoms with Crippen LogP contribution in [0.25, 0.3) is 0 Å². The average molecular weight is 401 g/mol. The van der Waals surface area contributed by atoms with E-state index in [4.69, 9.17) is 11.6 Å². The van der Waals surface area contributed by atoms with Crippen LogP contribution in [0.2, 0.25) is 5.02 Å². The van der Waals surface area contributed by atoms with E-state index in [1.54, 1.807) is 11.8 Å². The monoisotopic (exact) mass is 400 g/mol. The van der Waals surface area contributed by atoms with Gasteiger partial charge in [0.15, 0.2) is 0 Å². The Kier molecular flexibility index (Phi) is 4.43. The number of piperidine rings is 1. The van der Waals surface area contributed by atoms with Crippen molar-refractivity contribution in [3.63, 3.8) is 0 Å². The molecule has 2 bridgehead atoms. The standard InChI is InChI=1S/C21H21ClN2O2S/c22-13-5-8-20-18(9-13)24(17-3-1-2-4-19(17)27-20)21(26)12-23-14-6-7-15(23)11-16(25)10-14/h1-5,8-9,14-16,25H,6-7,10-12H2/t14-,15-/m1/s1. The van der Waals surface area contributed by atoms with Gasteiger partial charge in [-0.25, -0.2) is 0 Å². The predicted octanol–water partition coefficient (Wildman–Crippen LogP) is 4.46. The lowest BCUT2D eigenvalue weighted by atomic mass is 10.00. The second-order valence-electron chi connectivity index (χ2n) is 7.59. The molecule has 140 valence electrons. The van der Waals surface area contributed by atoms with E-state index in [-0.39, 0.29) is 12.0 Å². The number of hydrogen-bond donors (Lipinski definition) is 1. The normalized spacial score (nSPS) is 26.6. The van der Waals surface area contributed by atoms with Crippen LogP contribution >= 0.6 is 23.4 Å². The molecule has 27 heavy (non-hydrogen) atoms. The van der Waals surface area contributed by atoms with Gasteiger partial charge in [0.25, 0.3) is 0 Å². The third-order valence-corrected chi connectivity index (χ3v) is 7.28. The summed E-state index contributed by atoms with van der Waals surface area (Å²) in [4.78, 5) is 19.7. The number of halogens is 1. The van der Waals surface area contributed by atoms with Gasteiger partial charge in [0.05, 0.1) is 24.0 Å². The molecule has 0 radical (unpaired) electrons. The van der Waals surface area contributed by atoms with Gasteiger partial charge in [-0.3, -0.25) is 14.6 Å². The molecule has 2 fully saturated rings. The van der Waals surface area contributed by atoms with Crippen molar-refractivity contribution in [1.29, 1.82) is 0 Å². The van der Waals surface area contributed by atoms with Crippen LogP contribution < -0.4 is 4.90 Å². The molecule has 3 heterocycles. The molecule has 1 N–H and O–H groups in total. The second-order valence-corrected chi connectivity index (χ2v) is 9.11. The zero-order chi connectivity index (χ0) is 18.5. The number of fused-ring (bicyclic) bond motifs is 4. The largest absolute Gasteiger partial charge is 0.393 e. The number of aliphatic hydroxyl groups is 1. The molecule has 0 aliphatic carbocycles. The van der Waals surface area contributed by atoms with Gasteiger partial charge in [-0.15, -0.1) is 0 Å². The molecule has 2 aromatic rings. The Morgan fingerprint density at radius 1 is 1.07 bits per heavy atom. The van der Waals surface area contributed by atoms with Crippen LogP contribution in [0.1, 0.15) is 25.7 Å². The third kappa shape index (κ3) is 3.07. The van der Waals surface area contributed by atoms with Crippen molar-refractivity contribution in [3.05, 3.63) is 47.5 Å². The zero-order valence-electron chi connectivity index (χ0n) is 14.8. The van der Waals surface area contributed by atoms with Gasteiger partial charge in [0.2, 0.25) is 5.91 Å². The average Bonchev–Trinajstić information content (AvgIpc) is 2.89. The predicted molar refractivity (Wildman–Crippen MR) is 108 cm³/mol.